The highest BCUT2D eigenvalue weighted by molar-refractivity contribution is 5.76. The molecule has 3 nitrogen and oxygen atoms in total. The molecular weight excluding hydrogens is 238 g/mol. The Hall–Kier alpha value is -2.29. The largest absolute Gasteiger partial charge is 0.508 e. The lowest BCUT2D eigenvalue weighted by Gasteiger charge is -2.08. The fraction of sp³-hybridized carbons (Fsp3) is 0.188. The molecule has 1 N–H and O–H groups in total. The molecule has 2 aromatic carbocycles. The van der Waals surface area contributed by atoms with Crippen molar-refractivity contribution in [2.75, 3.05) is 0 Å². The predicted octanol–water partition coefficient (Wildman–Crippen LogP) is 4.32. The van der Waals surface area contributed by atoms with Gasteiger partial charge in [-0.1, -0.05) is 32.0 Å². The highest BCUT2D eigenvalue weighted by atomic mass is 16.3. The Balaban J connectivity index is 2.09. The average Bonchev–Trinajstić information content (AvgIpc) is 2.81. The van der Waals surface area contributed by atoms with Crippen LogP contribution in [0.5, 0.6) is 5.75 Å². The van der Waals surface area contributed by atoms with E-state index in [9.17, 15) is 5.11 Å². The number of phenols is 1. The fourth-order valence-corrected chi connectivity index (χ4v) is 2.16. The number of rotatable bonds is 2. The summed E-state index contributed by atoms with van der Waals surface area (Å²) in [5, 5.41) is 10.0. The van der Waals surface area contributed by atoms with Gasteiger partial charge in [-0.15, -0.1) is 0 Å². The molecule has 0 radical (unpaired) electrons. The number of benzene rings is 2. The zero-order chi connectivity index (χ0) is 13.4. The van der Waals surface area contributed by atoms with Crippen LogP contribution < -0.4 is 0 Å². The summed E-state index contributed by atoms with van der Waals surface area (Å²) >= 11 is 0. The number of nitrogens with zero attached hydrogens (tertiary/aromatic N) is 1. The molecule has 0 saturated heterocycles. The third-order valence-corrected chi connectivity index (χ3v) is 3.19. The number of aromatic nitrogens is 1. The lowest BCUT2D eigenvalue weighted by Crippen LogP contribution is -1.88. The first-order valence-electron chi connectivity index (χ1n) is 6.34. The van der Waals surface area contributed by atoms with Crippen molar-refractivity contribution in [3.63, 3.8) is 0 Å². The summed E-state index contributed by atoms with van der Waals surface area (Å²) in [4.78, 5) is 4.42. The smallest absolute Gasteiger partial charge is 0.227 e. The second-order valence-electron chi connectivity index (χ2n) is 4.92. The molecule has 0 aliphatic heterocycles. The van der Waals surface area contributed by atoms with Crippen molar-refractivity contribution in [2.45, 2.75) is 19.8 Å². The van der Waals surface area contributed by atoms with Crippen molar-refractivity contribution in [1.82, 2.24) is 4.98 Å². The third kappa shape index (κ3) is 2.08. The van der Waals surface area contributed by atoms with E-state index >= 15 is 0 Å². The maximum absolute atomic E-state index is 10.0. The van der Waals surface area contributed by atoms with Gasteiger partial charge in [-0.25, -0.2) is 4.98 Å². The Morgan fingerprint density at radius 2 is 1.89 bits per heavy atom. The molecule has 96 valence electrons. The van der Waals surface area contributed by atoms with Crippen LogP contribution in [0.1, 0.15) is 25.3 Å². The minimum absolute atomic E-state index is 0.287. The molecular formula is C16H15NO2. The van der Waals surface area contributed by atoms with Gasteiger partial charge < -0.3 is 9.52 Å². The minimum Gasteiger partial charge on any atom is -0.508 e. The van der Waals surface area contributed by atoms with Crippen molar-refractivity contribution >= 4 is 11.1 Å². The molecule has 3 aromatic rings. The van der Waals surface area contributed by atoms with Crippen LogP contribution in [-0.2, 0) is 0 Å². The summed E-state index contributed by atoms with van der Waals surface area (Å²) < 4.78 is 5.69. The highest BCUT2D eigenvalue weighted by Crippen LogP contribution is 2.31. The Labute approximate surface area is 111 Å². The predicted molar refractivity (Wildman–Crippen MR) is 75.2 cm³/mol. The van der Waals surface area contributed by atoms with Gasteiger partial charge in [-0.3, -0.25) is 0 Å². The molecule has 0 fully saturated rings. The van der Waals surface area contributed by atoms with Crippen LogP contribution in [0.25, 0.3) is 22.6 Å². The van der Waals surface area contributed by atoms with Gasteiger partial charge in [-0.05, 0) is 35.7 Å². The van der Waals surface area contributed by atoms with Gasteiger partial charge in [0.25, 0.3) is 0 Å². The zero-order valence-corrected chi connectivity index (χ0v) is 10.9. The van der Waals surface area contributed by atoms with Crippen molar-refractivity contribution < 1.29 is 9.52 Å². The molecule has 0 atom stereocenters. The van der Waals surface area contributed by atoms with E-state index < -0.39 is 0 Å². The number of aromatic hydroxyl groups is 1. The summed E-state index contributed by atoms with van der Waals surface area (Å²) in [6.45, 7) is 4.10. The number of hydrogen-bond donors (Lipinski definition) is 1. The van der Waals surface area contributed by atoms with E-state index in [0.29, 0.717) is 5.89 Å². The Bertz CT molecular complexity index is 695. The Kier molecular flexibility index (Phi) is 2.75. The van der Waals surface area contributed by atoms with Crippen LogP contribution in [-0.4, -0.2) is 10.1 Å². The lowest BCUT2D eigenvalue weighted by molar-refractivity contribution is 0.464. The zero-order valence-electron chi connectivity index (χ0n) is 10.9. The lowest BCUT2D eigenvalue weighted by atomic mass is 10.0. The molecule has 1 aromatic heterocycles. The van der Waals surface area contributed by atoms with Gasteiger partial charge in [0, 0.05) is 5.56 Å². The number of oxazole rings is 1. The molecule has 3 rings (SSSR count). The third-order valence-electron chi connectivity index (χ3n) is 3.19. The summed E-state index contributed by atoms with van der Waals surface area (Å²) in [6, 6.07) is 13.2. The molecule has 0 spiro atoms. The SMILES string of the molecule is CC(C)c1ccc(-c2nc3ccccc3o2)cc1O. The molecule has 0 unspecified atom stereocenters. The maximum Gasteiger partial charge on any atom is 0.227 e. The van der Waals surface area contributed by atoms with Crippen LogP contribution in [0.4, 0.5) is 0 Å². The molecule has 0 amide bonds. The van der Waals surface area contributed by atoms with Crippen molar-refractivity contribution in [3.05, 3.63) is 48.0 Å². The van der Waals surface area contributed by atoms with E-state index in [1.807, 2.05) is 50.2 Å². The van der Waals surface area contributed by atoms with E-state index in [4.69, 9.17) is 4.42 Å². The highest BCUT2D eigenvalue weighted by Gasteiger charge is 2.11. The molecule has 19 heavy (non-hydrogen) atoms. The Morgan fingerprint density at radius 3 is 2.58 bits per heavy atom. The van der Waals surface area contributed by atoms with Gasteiger partial charge in [0.05, 0.1) is 0 Å². The van der Waals surface area contributed by atoms with E-state index in [1.54, 1.807) is 6.07 Å². The van der Waals surface area contributed by atoms with E-state index in [1.165, 1.54) is 0 Å². The molecule has 0 bridgehead atoms. The Morgan fingerprint density at radius 1 is 1.11 bits per heavy atom. The summed E-state index contributed by atoms with van der Waals surface area (Å²) in [7, 11) is 0. The number of phenolic OH excluding ortho intramolecular Hbond substituents is 1. The second kappa shape index (κ2) is 4.43. The quantitative estimate of drug-likeness (QED) is 0.739. The molecule has 0 saturated carbocycles. The topological polar surface area (TPSA) is 46.3 Å². The van der Waals surface area contributed by atoms with Gasteiger partial charge in [0.15, 0.2) is 5.58 Å². The van der Waals surface area contributed by atoms with Crippen molar-refractivity contribution in [3.8, 4) is 17.2 Å². The minimum atomic E-state index is 0.287. The monoisotopic (exact) mass is 253 g/mol. The van der Waals surface area contributed by atoms with Crippen LogP contribution >= 0.6 is 0 Å². The van der Waals surface area contributed by atoms with Gasteiger partial charge in [0.1, 0.15) is 11.3 Å². The summed E-state index contributed by atoms with van der Waals surface area (Å²) in [6.07, 6.45) is 0. The average molecular weight is 253 g/mol. The number of hydrogen-bond acceptors (Lipinski definition) is 3. The van der Waals surface area contributed by atoms with Gasteiger partial charge in [-0.2, -0.15) is 0 Å². The summed E-state index contributed by atoms with van der Waals surface area (Å²) in [5.74, 6) is 1.11. The molecule has 0 aliphatic carbocycles. The first-order valence-corrected chi connectivity index (χ1v) is 6.34. The number of fused-ring (bicyclic) bond motifs is 1. The van der Waals surface area contributed by atoms with Gasteiger partial charge >= 0.3 is 0 Å². The molecule has 3 heteroatoms. The normalized spacial score (nSPS) is 11.3. The standard InChI is InChI=1S/C16H15NO2/c1-10(2)12-8-7-11(9-14(12)18)16-17-13-5-3-4-6-15(13)19-16/h3-10,18H,1-2H3. The van der Waals surface area contributed by atoms with Crippen molar-refractivity contribution in [1.29, 1.82) is 0 Å². The number of para-hydroxylation sites is 2. The van der Waals surface area contributed by atoms with Crippen LogP contribution in [0, 0.1) is 0 Å². The second-order valence-corrected chi connectivity index (χ2v) is 4.92. The van der Waals surface area contributed by atoms with Crippen LogP contribution in [0.3, 0.4) is 0 Å². The molecule has 1 heterocycles. The molecule has 0 aliphatic rings. The maximum atomic E-state index is 10.0. The first-order chi connectivity index (χ1) is 9.15. The van der Waals surface area contributed by atoms with Crippen LogP contribution in [0.2, 0.25) is 0 Å². The van der Waals surface area contributed by atoms with E-state index in [-0.39, 0.29) is 11.7 Å². The first kappa shape index (κ1) is 11.8. The van der Waals surface area contributed by atoms with Crippen LogP contribution in [0.15, 0.2) is 46.9 Å². The fourth-order valence-electron chi connectivity index (χ4n) is 2.16. The van der Waals surface area contributed by atoms with Crippen molar-refractivity contribution in [2.24, 2.45) is 0 Å². The van der Waals surface area contributed by atoms with E-state index in [2.05, 4.69) is 4.98 Å². The van der Waals surface area contributed by atoms with E-state index in [0.717, 1.165) is 22.2 Å². The summed E-state index contributed by atoms with van der Waals surface area (Å²) in [5.41, 5.74) is 3.30. The van der Waals surface area contributed by atoms with Gasteiger partial charge in [0.2, 0.25) is 5.89 Å².